The molecule has 1 aromatic rings. The molecule has 1 amide bonds. The van der Waals surface area contributed by atoms with E-state index >= 15 is 0 Å². The average Bonchev–Trinajstić information content (AvgIpc) is 2.65. The van der Waals surface area contributed by atoms with E-state index in [0.717, 1.165) is 0 Å². The highest BCUT2D eigenvalue weighted by Gasteiger charge is 2.39. The van der Waals surface area contributed by atoms with Crippen LogP contribution in [0.15, 0.2) is 41.7 Å². The van der Waals surface area contributed by atoms with Crippen LogP contribution in [0.25, 0.3) is 0 Å². The Balaban J connectivity index is 2.39. The van der Waals surface area contributed by atoms with Gasteiger partial charge in [0, 0.05) is 19.7 Å². The van der Waals surface area contributed by atoms with E-state index < -0.39 is 18.0 Å². The van der Waals surface area contributed by atoms with E-state index in [4.69, 9.17) is 4.74 Å². The van der Waals surface area contributed by atoms with Gasteiger partial charge in [0.1, 0.15) is 0 Å². The molecular weight excluding hydrogens is 234 g/mol. The van der Waals surface area contributed by atoms with Gasteiger partial charge >= 0.3 is 5.97 Å². The second-order valence-corrected chi connectivity index (χ2v) is 4.16. The van der Waals surface area contributed by atoms with Gasteiger partial charge in [-0.3, -0.25) is 4.79 Å². The molecule has 5 heteroatoms. The molecule has 0 bridgehead atoms. The number of nitrogens with zero attached hydrogens (tertiary/aromatic N) is 1. The van der Waals surface area contributed by atoms with Gasteiger partial charge in [-0.25, -0.2) is 4.79 Å². The average molecular weight is 247 g/mol. The number of amides is 1. The highest BCUT2D eigenvalue weighted by molar-refractivity contribution is 6.18. The number of rotatable bonds is 2. The largest absolute Gasteiger partial charge is 0.507 e. The van der Waals surface area contributed by atoms with E-state index in [9.17, 15) is 14.7 Å². The van der Waals surface area contributed by atoms with Crippen LogP contribution < -0.4 is 0 Å². The van der Waals surface area contributed by atoms with Gasteiger partial charge in [0.05, 0.1) is 0 Å². The summed E-state index contributed by atoms with van der Waals surface area (Å²) in [6.45, 7) is 0. The number of esters is 1. The van der Waals surface area contributed by atoms with Crippen molar-refractivity contribution >= 4 is 11.9 Å². The number of aliphatic hydroxyl groups excluding tert-OH is 1. The molecule has 1 aliphatic rings. The van der Waals surface area contributed by atoms with Crippen molar-refractivity contribution in [2.24, 2.45) is 0 Å². The minimum atomic E-state index is -0.891. The first-order valence-electron chi connectivity index (χ1n) is 5.43. The summed E-state index contributed by atoms with van der Waals surface area (Å²) in [5.74, 6) is -1.68. The summed E-state index contributed by atoms with van der Waals surface area (Å²) >= 11 is 0. The maximum Gasteiger partial charge on any atom is 0.348 e. The van der Waals surface area contributed by atoms with Crippen LogP contribution in [0.3, 0.4) is 0 Å². The molecule has 0 radical (unpaired) electrons. The summed E-state index contributed by atoms with van der Waals surface area (Å²) in [5.41, 5.74) is 0.332. The van der Waals surface area contributed by atoms with Crippen molar-refractivity contribution in [1.82, 2.24) is 4.90 Å². The van der Waals surface area contributed by atoms with Gasteiger partial charge in [0.15, 0.2) is 17.4 Å². The Labute approximate surface area is 104 Å². The molecule has 1 heterocycles. The zero-order valence-electron chi connectivity index (χ0n) is 10.1. The summed E-state index contributed by atoms with van der Waals surface area (Å²) in [6.07, 6.45) is -0.891. The van der Waals surface area contributed by atoms with Crippen molar-refractivity contribution in [2.75, 3.05) is 14.1 Å². The molecule has 5 nitrogen and oxygen atoms in total. The van der Waals surface area contributed by atoms with Crippen molar-refractivity contribution in [3.63, 3.8) is 0 Å². The van der Waals surface area contributed by atoms with Crippen molar-refractivity contribution in [3.05, 3.63) is 47.2 Å². The van der Waals surface area contributed by atoms with E-state index in [0.29, 0.717) is 5.56 Å². The number of carbonyl (C=O) groups is 2. The molecule has 0 aliphatic carbocycles. The fourth-order valence-electron chi connectivity index (χ4n) is 1.73. The maximum atomic E-state index is 11.8. The number of benzene rings is 1. The Morgan fingerprint density at radius 2 is 1.89 bits per heavy atom. The van der Waals surface area contributed by atoms with E-state index in [1.54, 1.807) is 24.3 Å². The molecule has 18 heavy (non-hydrogen) atoms. The fourth-order valence-corrected chi connectivity index (χ4v) is 1.73. The Morgan fingerprint density at radius 3 is 2.44 bits per heavy atom. The molecule has 2 rings (SSSR count). The third-order valence-electron chi connectivity index (χ3n) is 2.66. The van der Waals surface area contributed by atoms with Crippen molar-refractivity contribution in [3.8, 4) is 0 Å². The summed E-state index contributed by atoms with van der Waals surface area (Å²) < 4.78 is 5.03. The Bertz CT molecular complexity index is 519. The molecule has 0 unspecified atom stereocenters. The second-order valence-electron chi connectivity index (χ2n) is 4.16. The molecule has 0 aromatic heterocycles. The number of ether oxygens (including phenoxy) is 1. The SMILES string of the molecule is CN(C)C(=O)C1=C(O)[C@H](c2ccccc2)OC1=O. The first-order chi connectivity index (χ1) is 8.52. The van der Waals surface area contributed by atoms with Gasteiger partial charge in [-0.2, -0.15) is 0 Å². The molecular formula is C13H13NO4. The number of hydrogen-bond acceptors (Lipinski definition) is 4. The smallest absolute Gasteiger partial charge is 0.348 e. The highest BCUT2D eigenvalue weighted by atomic mass is 16.6. The van der Waals surface area contributed by atoms with Gasteiger partial charge in [-0.05, 0) is 0 Å². The van der Waals surface area contributed by atoms with Crippen LogP contribution >= 0.6 is 0 Å². The predicted molar refractivity (Wildman–Crippen MR) is 63.6 cm³/mol. The molecule has 1 N–H and O–H groups in total. The lowest BCUT2D eigenvalue weighted by atomic mass is 10.1. The lowest BCUT2D eigenvalue weighted by molar-refractivity contribution is -0.142. The topological polar surface area (TPSA) is 66.8 Å². The third kappa shape index (κ3) is 1.95. The molecule has 94 valence electrons. The molecule has 1 aromatic carbocycles. The van der Waals surface area contributed by atoms with Crippen molar-refractivity contribution in [1.29, 1.82) is 0 Å². The van der Waals surface area contributed by atoms with Gasteiger partial charge in [0.2, 0.25) is 0 Å². The Kier molecular flexibility index (Phi) is 3.06. The van der Waals surface area contributed by atoms with E-state index in [2.05, 4.69) is 0 Å². The Hall–Kier alpha value is -2.30. The second kappa shape index (κ2) is 4.52. The van der Waals surface area contributed by atoms with Crippen molar-refractivity contribution < 1.29 is 19.4 Å². The lowest BCUT2D eigenvalue weighted by Gasteiger charge is -2.09. The maximum absolute atomic E-state index is 11.8. The highest BCUT2D eigenvalue weighted by Crippen LogP contribution is 2.33. The fraction of sp³-hybridized carbons (Fsp3) is 0.231. The Morgan fingerprint density at radius 1 is 1.28 bits per heavy atom. The number of cyclic esters (lactones) is 1. The lowest BCUT2D eigenvalue weighted by Crippen LogP contribution is -2.26. The first-order valence-corrected chi connectivity index (χ1v) is 5.43. The minimum absolute atomic E-state index is 0.297. The van der Waals surface area contributed by atoms with Gasteiger partial charge in [-0.15, -0.1) is 0 Å². The standard InChI is InChI=1S/C13H13NO4/c1-14(2)12(16)9-10(15)11(18-13(9)17)8-6-4-3-5-7-8/h3-7,11,15H,1-2H3/t11-/m0/s1. The predicted octanol–water partition coefficient (Wildman–Crippen LogP) is 1.18. The number of aliphatic hydroxyl groups is 1. The number of likely N-dealkylation sites (N-methyl/N-ethyl adjacent to an activating group) is 1. The van der Waals surface area contributed by atoms with Crippen molar-refractivity contribution in [2.45, 2.75) is 6.10 Å². The molecule has 1 atom stereocenters. The monoisotopic (exact) mass is 247 g/mol. The number of hydrogen-bond donors (Lipinski definition) is 1. The summed E-state index contributed by atoms with van der Waals surface area (Å²) in [5, 5.41) is 9.98. The zero-order valence-corrected chi connectivity index (χ0v) is 10.1. The first kappa shape index (κ1) is 12.2. The van der Waals surface area contributed by atoms with Crippen LogP contribution in [0.4, 0.5) is 0 Å². The van der Waals surface area contributed by atoms with Crippen LogP contribution in [0, 0.1) is 0 Å². The van der Waals surface area contributed by atoms with E-state index in [1.807, 2.05) is 6.07 Å². The normalized spacial score (nSPS) is 18.8. The summed E-state index contributed by atoms with van der Waals surface area (Å²) in [7, 11) is 3.01. The molecule has 0 fully saturated rings. The van der Waals surface area contributed by atoms with Crippen LogP contribution in [0.2, 0.25) is 0 Å². The van der Waals surface area contributed by atoms with Gasteiger partial charge in [-0.1, -0.05) is 30.3 Å². The molecule has 1 aliphatic heterocycles. The van der Waals surface area contributed by atoms with Crippen LogP contribution in [-0.4, -0.2) is 36.0 Å². The van der Waals surface area contributed by atoms with Gasteiger partial charge in [0.25, 0.3) is 5.91 Å². The van der Waals surface area contributed by atoms with Crippen LogP contribution in [0.5, 0.6) is 0 Å². The summed E-state index contributed by atoms with van der Waals surface area (Å²) in [4.78, 5) is 24.6. The molecule has 0 saturated carbocycles. The zero-order chi connectivity index (χ0) is 13.3. The molecule has 0 saturated heterocycles. The number of carbonyl (C=O) groups excluding carboxylic acids is 2. The minimum Gasteiger partial charge on any atom is -0.507 e. The quantitative estimate of drug-likeness (QED) is 0.629. The third-order valence-corrected chi connectivity index (χ3v) is 2.66. The van der Waals surface area contributed by atoms with E-state index in [-0.39, 0.29) is 11.3 Å². The summed E-state index contributed by atoms with van der Waals surface area (Å²) in [6, 6.07) is 8.78. The van der Waals surface area contributed by atoms with Gasteiger partial charge < -0.3 is 14.7 Å². The van der Waals surface area contributed by atoms with Crippen LogP contribution in [0.1, 0.15) is 11.7 Å². The molecule has 0 spiro atoms. The van der Waals surface area contributed by atoms with E-state index in [1.165, 1.54) is 19.0 Å². The van der Waals surface area contributed by atoms with Crippen LogP contribution in [-0.2, 0) is 14.3 Å².